The van der Waals surface area contributed by atoms with Gasteiger partial charge in [0.2, 0.25) is 5.91 Å². The number of hydrogen-bond donors (Lipinski definition) is 0. The number of carbonyl (C=O) groups is 1. The van der Waals surface area contributed by atoms with Crippen molar-refractivity contribution in [3.63, 3.8) is 0 Å². The summed E-state index contributed by atoms with van der Waals surface area (Å²) in [6, 6.07) is 3.10. The van der Waals surface area contributed by atoms with Gasteiger partial charge in [0.05, 0.1) is 4.92 Å². The maximum Gasteiger partial charge on any atom is 0.324 e. The molecule has 0 fully saturated rings. The molecule has 0 bridgehead atoms. The summed E-state index contributed by atoms with van der Waals surface area (Å²) in [7, 11) is 0. The van der Waals surface area contributed by atoms with Gasteiger partial charge in [-0.05, 0) is 18.2 Å². The molecule has 0 radical (unpaired) electrons. The van der Waals surface area contributed by atoms with Crippen molar-refractivity contribution >= 4 is 34.4 Å². The molecule has 0 aliphatic carbocycles. The lowest BCUT2D eigenvalue weighted by Gasteiger charge is -1.96. The maximum absolute atomic E-state index is 11.2. The minimum atomic E-state index is -0.432. The molecule has 0 unspecified atom stereocenters. The van der Waals surface area contributed by atoms with Crippen LogP contribution in [-0.4, -0.2) is 20.4 Å². The molecule has 18 heavy (non-hydrogen) atoms. The van der Waals surface area contributed by atoms with Crippen LogP contribution in [0.2, 0.25) is 0 Å². The highest BCUT2D eigenvalue weighted by molar-refractivity contribution is 7.16. The molecular formula is C11H9N3O3S. The molecule has 0 atom stereocenters. The van der Waals surface area contributed by atoms with Crippen molar-refractivity contribution < 1.29 is 9.72 Å². The van der Waals surface area contributed by atoms with E-state index < -0.39 is 4.92 Å². The van der Waals surface area contributed by atoms with Crippen LogP contribution in [0, 0.1) is 10.1 Å². The van der Waals surface area contributed by atoms with Crippen LogP contribution in [0.15, 0.2) is 24.5 Å². The average Bonchev–Trinajstić information content (AvgIpc) is 2.95. The van der Waals surface area contributed by atoms with Crippen molar-refractivity contribution in [2.24, 2.45) is 0 Å². The van der Waals surface area contributed by atoms with Crippen LogP contribution in [0.3, 0.4) is 0 Å². The lowest BCUT2D eigenvalue weighted by molar-refractivity contribution is -0.380. The van der Waals surface area contributed by atoms with Crippen LogP contribution < -0.4 is 0 Å². The van der Waals surface area contributed by atoms with Gasteiger partial charge in [0.15, 0.2) is 0 Å². The molecule has 7 heteroatoms. The molecule has 0 aromatic carbocycles. The first-order valence-corrected chi connectivity index (χ1v) is 5.86. The fourth-order valence-corrected chi connectivity index (χ4v) is 2.12. The number of hydrogen-bond acceptors (Lipinski definition) is 5. The number of imidazole rings is 1. The first-order valence-electron chi connectivity index (χ1n) is 5.04. The molecule has 0 saturated heterocycles. The van der Waals surface area contributed by atoms with Crippen LogP contribution in [0.5, 0.6) is 0 Å². The molecule has 2 rings (SSSR count). The smallest absolute Gasteiger partial charge is 0.274 e. The van der Waals surface area contributed by atoms with Gasteiger partial charge in [-0.2, -0.15) is 0 Å². The number of nitro groups is 1. The Morgan fingerprint density at radius 2 is 2.28 bits per heavy atom. The van der Waals surface area contributed by atoms with E-state index in [0.717, 1.165) is 16.2 Å². The van der Waals surface area contributed by atoms with Gasteiger partial charge in [0, 0.05) is 30.3 Å². The SMILES string of the molecule is CC(=O)n1ccnc1/C=C\c1ccc([N+](=O)[O-])s1. The third-order valence-electron chi connectivity index (χ3n) is 2.20. The molecule has 0 spiro atoms. The standard InChI is InChI=1S/C11H9N3O3S/c1-8(15)13-7-6-12-10(13)4-2-9-3-5-11(18-9)14(16)17/h2-7H,1H3/b4-2-. The number of thiophene rings is 1. The van der Waals surface area contributed by atoms with Gasteiger partial charge in [0.25, 0.3) is 0 Å². The van der Waals surface area contributed by atoms with Crippen molar-refractivity contribution in [1.82, 2.24) is 9.55 Å². The predicted octanol–water partition coefficient (Wildman–Crippen LogP) is 2.68. The van der Waals surface area contributed by atoms with E-state index in [1.165, 1.54) is 23.8 Å². The van der Waals surface area contributed by atoms with Gasteiger partial charge in [-0.1, -0.05) is 11.3 Å². The second-order valence-electron chi connectivity index (χ2n) is 3.44. The zero-order chi connectivity index (χ0) is 13.1. The van der Waals surface area contributed by atoms with Gasteiger partial charge in [-0.25, -0.2) is 4.98 Å². The summed E-state index contributed by atoms with van der Waals surface area (Å²) < 4.78 is 1.40. The fourth-order valence-electron chi connectivity index (χ4n) is 1.39. The third-order valence-corrected chi connectivity index (χ3v) is 3.20. The largest absolute Gasteiger partial charge is 0.324 e. The second-order valence-corrected chi connectivity index (χ2v) is 4.53. The second kappa shape index (κ2) is 4.92. The Morgan fingerprint density at radius 1 is 1.50 bits per heavy atom. The van der Waals surface area contributed by atoms with Gasteiger partial charge >= 0.3 is 5.00 Å². The molecule has 0 N–H and O–H groups in total. The first kappa shape index (κ1) is 12.2. The normalized spacial score (nSPS) is 10.9. The van der Waals surface area contributed by atoms with Crippen molar-refractivity contribution in [1.29, 1.82) is 0 Å². The molecule has 0 aliphatic rings. The van der Waals surface area contributed by atoms with Crippen LogP contribution in [0.4, 0.5) is 5.00 Å². The number of nitrogens with zero attached hydrogens (tertiary/aromatic N) is 3. The van der Waals surface area contributed by atoms with Crippen LogP contribution in [0.1, 0.15) is 22.4 Å². The summed E-state index contributed by atoms with van der Waals surface area (Å²) in [5.74, 6) is 0.364. The molecule has 2 aromatic rings. The summed E-state index contributed by atoms with van der Waals surface area (Å²) in [6.07, 6.45) is 6.44. The van der Waals surface area contributed by atoms with Crippen molar-refractivity contribution in [3.8, 4) is 0 Å². The Hall–Kier alpha value is -2.28. The van der Waals surface area contributed by atoms with Gasteiger partial charge in [-0.15, -0.1) is 0 Å². The highest BCUT2D eigenvalue weighted by Crippen LogP contribution is 2.25. The van der Waals surface area contributed by atoms with Gasteiger partial charge < -0.3 is 0 Å². The highest BCUT2D eigenvalue weighted by atomic mass is 32.1. The van der Waals surface area contributed by atoms with E-state index in [4.69, 9.17) is 0 Å². The Morgan fingerprint density at radius 3 is 2.89 bits per heavy atom. The van der Waals surface area contributed by atoms with Crippen molar-refractivity contribution in [2.75, 3.05) is 0 Å². The lowest BCUT2D eigenvalue weighted by atomic mass is 10.4. The van der Waals surface area contributed by atoms with E-state index in [2.05, 4.69) is 4.98 Å². The summed E-state index contributed by atoms with van der Waals surface area (Å²) >= 11 is 1.07. The Bertz CT molecular complexity index is 627. The van der Waals surface area contributed by atoms with Crippen molar-refractivity contribution in [3.05, 3.63) is 45.3 Å². The van der Waals surface area contributed by atoms with E-state index in [9.17, 15) is 14.9 Å². The summed E-state index contributed by atoms with van der Waals surface area (Å²) in [5, 5.41) is 10.6. The van der Waals surface area contributed by atoms with Crippen molar-refractivity contribution in [2.45, 2.75) is 6.92 Å². The van der Waals surface area contributed by atoms with E-state index in [0.29, 0.717) is 5.82 Å². The molecular weight excluding hydrogens is 254 g/mol. The molecule has 0 aliphatic heterocycles. The Kier molecular flexibility index (Phi) is 3.33. The van der Waals surface area contributed by atoms with E-state index in [-0.39, 0.29) is 10.9 Å². The Labute approximate surface area is 106 Å². The monoisotopic (exact) mass is 263 g/mol. The maximum atomic E-state index is 11.2. The molecule has 0 amide bonds. The van der Waals surface area contributed by atoms with Crippen LogP contribution in [-0.2, 0) is 0 Å². The summed E-state index contributed by atoms with van der Waals surface area (Å²) in [6.45, 7) is 1.44. The van der Waals surface area contributed by atoms with Gasteiger partial charge in [0.1, 0.15) is 5.82 Å². The summed E-state index contributed by atoms with van der Waals surface area (Å²) in [4.78, 5) is 26.1. The zero-order valence-electron chi connectivity index (χ0n) is 9.44. The lowest BCUT2D eigenvalue weighted by Crippen LogP contribution is -2.05. The molecule has 92 valence electrons. The number of aromatic nitrogens is 2. The average molecular weight is 263 g/mol. The van der Waals surface area contributed by atoms with E-state index in [1.807, 2.05) is 0 Å². The minimum Gasteiger partial charge on any atom is -0.274 e. The molecule has 6 nitrogen and oxygen atoms in total. The van der Waals surface area contributed by atoms with Crippen LogP contribution >= 0.6 is 11.3 Å². The van der Waals surface area contributed by atoms with Crippen LogP contribution in [0.25, 0.3) is 12.2 Å². The molecule has 2 aromatic heterocycles. The van der Waals surface area contributed by atoms with E-state index >= 15 is 0 Å². The molecule has 0 saturated carbocycles. The Balaban J connectivity index is 2.22. The van der Waals surface area contributed by atoms with E-state index in [1.54, 1.807) is 24.4 Å². The highest BCUT2D eigenvalue weighted by Gasteiger charge is 2.08. The number of carbonyl (C=O) groups excluding carboxylic acids is 1. The summed E-state index contributed by atoms with van der Waals surface area (Å²) in [5.41, 5.74) is 0. The first-order chi connectivity index (χ1) is 8.58. The fraction of sp³-hybridized carbons (Fsp3) is 0.0909. The quantitative estimate of drug-likeness (QED) is 0.630. The third kappa shape index (κ3) is 2.51. The van der Waals surface area contributed by atoms with Gasteiger partial charge in [-0.3, -0.25) is 19.5 Å². The molecule has 2 heterocycles. The number of rotatable bonds is 3. The topological polar surface area (TPSA) is 78.0 Å². The minimum absolute atomic E-state index is 0.0876. The zero-order valence-corrected chi connectivity index (χ0v) is 10.3. The predicted molar refractivity (Wildman–Crippen MR) is 68.4 cm³/mol.